The number of nitrogens with zero attached hydrogens (tertiary/aromatic N) is 9. The van der Waals surface area contributed by atoms with Crippen LogP contribution in [-0.4, -0.2) is 114 Å². The van der Waals surface area contributed by atoms with Crippen LogP contribution in [0.15, 0.2) is 67.1 Å². The van der Waals surface area contributed by atoms with Gasteiger partial charge in [-0.15, -0.1) is 0 Å². The summed E-state index contributed by atoms with van der Waals surface area (Å²) in [7, 11) is 0. The molecule has 0 aliphatic carbocycles. The number of nitrogens with one attached hydrogen (secondary N) is 1. The summed E-state index contributed by atoms with van der Waals surface area (Å²) < 4.78 is 7.31. The van der Waals surface area contributed by atoms with Crippen LogP contribution in [0.2, 0.25) is 0 Å². The molecule has 5 aromatic rings. The Bertz CT molecular complexity index is 2120. The summed E-state index contributed by atoms with van der Waals surface area (Å²) in [5.41, 5.74) is 5.67. The Morgan fingerprint density at radius 3 is 2.56 bits per heavy atom. The molecule has 1 spiro atoms. The molecule has 4 aromatic heterocycles. The maximum absolute atomic E-state index is 14.0. The van der Waals surface area contributed by atoms with Gasteiger partial charge in [0.05, 0.1) is 36.7 Å². The number of pyridine rings is 2. The van der Waals surface area contributed by atoms with Crippen LogP contribution in [0.4, 0.5) is 5.82 Å². The quantitative estimate of drug-likeness (QED) is 0.219. The van der Waals surface area contributed by atoms with Gasteiger partial charge in [-0.2, -0.15) is 10.2 Å². The minimum Gasteiger partial charge on any atom is -0.475 e. The Labute approximate surface area is 301 Å². The lowest BCUT2D eigenvalue weighted by Crippen LogP contribution is -2.43. The second-order valence-electron chi connectivity index (χ2n) is 14.1. The zero-order valence-corrected chi connectivity index (χ0v) is 29.4. The van der Waals surface area contributed by atoms with Gasteiger partial charge in [-0.05, 0) is 69.0 Å². The number of benzene rings is 1. The zero-order chi connectivity index (χ0) is 35.8. The summed E-state index contributed by atoms with van der Waals surface area (Å²) in [5, 5.41) is 21.1. The monoisotopic (exact) mass is 702 g/mol. The number of aliphatic hydroxyl groups excluding tert-OH is 1. The predicted molar refractivity (Wildman–Crippen MR) is 195 cm³/mol. The Morgan fingerprint density at radius 1 is 1.00 bits per heavy atom. The molecule has 3 aliphatic rings. The minimum atomic E-state index is -0.514. The van der Waals surface area contributed by atoms with Crippen LogP contribution in [-0.2, 0) is 16.1 Å². The molecule has 1 aromatic carbocycles. The van der Waals surface area contributed by atoms with Crippen molar-refractivity contribution >= 4 is 34.2 Å². The number of likely N-dealkylation sites (tertiary alicyclic amines) is 1. The molecule has 2 saturated heterocycles. The molecule has 52 heavy (non-hydrogen) atoms. The van der Waals surface area contributed by atoms with Crippen molar-refractivity contribution in [2.75, 3.05) is 50.8 Å². The van der Waals surface area contributed by atoms with Crippen molar-refractivity contribution in [3.05, 3.63) is 72.7 Å². The molecule has 7 heterocycles. The van der Waals surface area contributed by atoms with Gasteiger partial charge in [0.15, 0.2) is 5.82 Å². The topological polar surface area (TPSA) is 158 Å². The first kappa shape index (κ1) is 33.7. The smallest absolute Gasteiger partial charge is 0.237 e. The summed E-state index contributed by atoms with van der Waals surface area (Å²) in [6.45, 7) is 7.72. The van der Waals surface area contributed by atoms with Crippen LogP contribution in [0, 0.1) is 5.41 Å². The molecule has 8 rings (SSSR count). The second-order valence-corrected chi connectivity index (χ2v) is 14.1. The third-order valence-corrected chi connectivity index (χ3v) is 10.3. The fraction of sp³-hybridized carbons (Fsp3) is 0.395. The van der Waals surface area contributed by atoms with Gasteiger partial charge in [0.2, 0.25) is 17.7 Å². The van der Waals surface area contributed by atoms with Crippen LogP contribution >= 0.6 is 0 Å². The lowest BCUT2D eigenvalue weighted by atomic mass is 9.85. The number of amides is 2. The lowest BCUT2D eigenvalue weighted by molar-refractivity contribution is -0.132. The van der Waals surface area contributed by atoms with E-state index < -0.39 is 5.41 Å². The van der Waals surface area contributed by atoms with Crippen LogP contribution in [0.1, 0.15) is 38.7 Å². The predicted octanol–water partition coefficient (Wildman–Crippen LogP) is 3.80. The molecule has 268 valence electrons. The van der Waals surface area contributed by atoms with E-state index in [1.54, 1.807) is 22.1 Å². The summed E-state index contributed by atoms with van der Waals surface area (Å²) in [6, 6.07) is 15.7. The molecule has 0 bridgehead atoms. The van der Waals surface area contributed by atoms with Gasteiger partial charge in [-0.3, -0.25) is 29.2 Å². The van der Waals surface area contributed by atoms with E-state index in [-0.39, 0.29) is 24.5 Å². The van der Waals surface area contributed by atoms with Crippen molar-refractivity contribution in [2.45, 2.75) is 45.8 Å². The van der Waals surface area contributed by atoms with Crippen LogP contribution in [0.3, 0.4) is 0 Å². The number of carbonyl (C=O) groups is 2. The van der Waals surface area contributed by atoms with Crippen molar-refractivity contribution in [3.63, 3.8) is 0 Å². The number of anilines is 1. The molecular weight excluding hydrogens is 660 g/mol. The van der Waals surface area contributed by atoms with E-state index in [0.717, 1.165) is 41.5 Å². The van der Waals surface area contributed by atoms with Crippen molar-refractivity contribution in [1.82, 2.24) is 44.7 Å². The third-order valence-electron chi connectivity index (χ3n) is 10.3. The third kappa shape index (κ3) is 6.55. The summed E-state index contributed by atoms with van der Waals surface area (Å²) in [6.07, 6.45) is 7.74. The van der Waals surface area contributed by atoms with Crippen LogP contribution in [0.5, 0.6) is 5.88 Å². The molecular formula is C38H42N10O4. The normalized spacial score (nSPS) is 19.4. The van der Waals surface area contributed by atoms with E-state index in [4.69, 9.17) is 14.8 Å². The Kier molecular flexibility index (Phi) is 9.01. The largest absolute Gasteiger partial charge is 0.475 e. The average molecular weight is 703 g/mol. The summed E-state index contributed by atoms with van der Waals surface area (Å²) in [4.78, 5) is 46.9. The number of ether oxygens (including phenoxy) is 1. The van der Waals surface area contributed by atoms with E-state index >= 15 is 0 Å². The molecule has 0 radical (unpaired) electrons. The summed E-state index contributed by atoms with van der Waals surface area (Å²) >= 11 is 0. The number of hydrogen-bond acceptors (Lipinski definition) is 10. The molecule has 1 atom stereocenters. The van der Waals surface area contributed by atoms with E-state index in [0.29, 0.717) is 74.5 Å². The first-order valence-electron chi connectivity index (χ1n) is 17.9. The van der Waals surface area contributed by atoms with Gasteiger partial charge in [-0.25, -0.2) is 15.0 Å². The summed E-state index contributed by atoms with van der Waals surface area (Å²) in [5.74, 6) is 1.94. The standard InChI is InChI=1S/C38H42N10O4/c1-25(2)52-32-10-7-29(21-39-32)34-35-30(42-43-34)8-9-31(41-35)48-18-14-38(37(48)51)13-17-45(23-38)22-33(50)46-15-11-27(12-16-46)26-3-5-28(6-4-26)36-40-24-47(44-36)19-20-49/h3-11,21,24-25,49H,12-20,22-23H2,1-2H3,(H,42,43)/t38-/m0/s1. The van der Waals surface area contributed by atoms with Gasteiger partial charge < -0.3 is 14.7 Å². The Hall–Kier alpha value is -5.47. The van der Waals surface area contributed by atoms with E-state index in [1.165, 1.54) is 5.57 Å². The average Bonchev–Trinajstić information content (AvgIpc) is 3.96. The number of aromatic nitrogens is 7. The highest BCUT2D eigenvalue weighted by atomic mass is 16.5. The molecule has 3 aliphatic heterocycles. The van der Waals surface area contributed by atoms with E-state index in [9.17, 15) is 9.59 Å². The number of fused-ring (bicyclic) bond motifs is 1. The first-order chi connectivity index (χ1) is 25.3. The highest BCUT2D eigenvalue weighted by Gasteiger charge is 2.51. The second kappa shape index (κ2) is 13.9. The highest BCUT2D eigenvalue weighted by Crippen LogP contribution is 2.42. The SMILES string of the molecule is CC(C)Oc1ccc(-c2n[nH]c3ccc(N4CC[C@]5(CCN(CC(=O)N6CC=C(c7ccc(-c8ncn(CCO)n8)cc7)CC6)C5)C4=O)nc23)cn1. The fourth-order valence-electron chi connectivity index (χ4n) is 7.50. The van der Waals surface area contributed by atoms with Gasteiger partial charge in [0, 0.05) is 49.6 Å². The van der Waals surface area contributed by atoms with Crippen LogP contribution < -0.4 is 9.64 Å². The Balaban J connectivity index is 0.876. The molecule has 0 saturated carbocycles. The van der Waals surface area contributed by atoms with Crippen molar-refractivity contribution in [2.24, 2.45) is 5.41 Å². The van der Waals surface area contributed by atoms with E-state index in [2.05, 4.69) is 48.4 Å². The fourth-order valence-corrected chi connectivity index (χ4v) is 7.50. The van der Waals surface area contributed by atoms with Gasteiger partial charge >= 0.3 is 0 Å². The van der Waals surface area contributed by atoms with E-state index in [1.807, 2.05) is 55.1 Å². The number of carbonyl (C=O) groups excluding carboxylic acids is 2. The number of hydrogen-bond donors (Lipinski definition) is 2. The molecule has 14 heteroatoms. The van der Waals surface area contributed by atoms with Gasteiger partial charge in [0.25, 0.3) is 0 Å². The zero-order valence-electron chi connectivity index (χ0n) is 29.4. The number of aromatic amines is 1. The van der Waals surface area contributed by atoms with Crippen LogP contribution in [0.25, 0.3) is 39.3 Å². The van der Waals surface area contributed by atoms with Crippen molar-refractivity contribution < 1.29 is 19.4 Å². The molecule has 2 fully saturated rings. The first-order valence-corrected chi connectivity index (χ1v) is 17.9. The van der Waals surface area contributed by atoms with Gasteiger partial charge in [-0.1, -0.05) is 30.3 Å². The Morgan fingerprint density at radius 2 is 1.81 bits per heavy atom. The highest BCUT2D eigenvalue weighted by molar-refractivity contribution is 6.01. The molecule has 0 unspecified atom stereocenters. The number of H-pyrrole nitrogens is 1. The molecule has 14 nitrogen and oxygen atoms in total. The number of aliphatic hydroxyl groups is 1. The number of rotatable bonds is 10. The molecule has 2 amide bonds. The van der Waals surface area contributed by atoms with Crippen molar-refractivity contribution in [1.29, 1.82) is 0 Å². The lowest BCUT2D eigenvalue weighted by Gasteiger charge is -2.29. The maximum Gasteiger partial charge on any atom is 0.237 e. The van der Waals surface area contributed by atoms with Gasteiger partial charge in [0.1, 0.15) is 23.4 Å². The van der Waals surface area contributed by atoms with Crippen molar-refractivity contribution in [3.8, 4) is 28.5 Å². The minimum absolute atomic E-state index is 0.0161. The molecule has 2 N–H and O–H groups in total. The maximum atomic E-state index is 14.0.